The zero-order chi connectivity index (χ0) is 18.9. The Morgan fingerprint density at radius 1 is 1.27 bits per heavy atom. The predicted molar refractivity (Wildman–Crippen MR) is 103 cm³/mol. The third kappa shape index (κ3) is 4.31. The second-order valence-corrected chi connectivity index (χ2v) is 7.83. The van der Waals surface area contributed by atoms with Crippen LogP contribution >= 0.6 is 11.6 Å². The number of ether oxygens (including phenoxy) is 2. The zero-order valence-corrected chi connectivity index (χ0v) is 16.3. The van der Waals surface area contributed by atoms with Gasteiger partial charge in [-0.05, 0) is 63.1 Å². The van der Waals surface area contributed by atoms with Gasteiger partial charge in [-0.3, -0.25) is 4.79 Å². The van der Waals surface area contributed by atoms with Crippen LogP contribution in [0.5, 0.6) is 11.5 Å². The van der Waals surface area contributed by atoms with Crippen LogP contribution in [0.15, 0.2) is 36.4 Å². The fraction of sp³-hybridized carbons (Fsp3) is 0.381. The standard InChI is InChI=1S/C21H24ClNO3/c1-13-5-7-16-18(11-21(3,4)26-19(16)9-13)23-20(24)12-25-15-6-8-17(22)14(2)10-15/h5-10,18H,11-12H2,1-4H3,(H,23,24). The first-order valence-corrected chi connectivity index (χ1v) is 9.09. The normalized spacial score (nSPS) is 17.8. The molecule has 1 N–H and O–H groups in total. The summed E-state index contributed by atoms with van der Waals surface area (Å²) in [5.74, 6) is 1.30. The number of carbonyl (C=O) groups is 1. The fourth-order valence-electron chi connectivity index (χ4n) is 3.18. The molecule has 0 saturated carbocycles. The molecule has 1 heterocycles. The molecule has 0 saturated heterocycles. The van der Waals surface area contributed by atoms with E-state index < -0.39 is 0 Å². The van der Waals surface area contributed by atoms with Gasteiger partial charge < -0.3 is 14.8 Å². The van der Waals surface area contributed by atoms with Gasteiger partial charge in [0.2, 0.25) is 0 Å². The summed E-state index contributed by atoms with van der Waals surface area (Å²) in [5, 5.41) is 3.76. The van der Waals surface area contributed by atoms with Gasteiger partial charge in [-0.25, -0.2) is 0 Å². The van der Waals surface area contributed by atoms with Gasteiger partial charge in [-0.15, -0.1) is 0 Å². The molecule has 138 valence electrons. The number of halogens is 1. The van der Waals surface area contributed by atoms with Crippen LogP contribution in [-0.2, 0) is 4.79 Å². The molecule has 1 atom stereocenters. The van der Waals surface area contributed by atoms with Crippen LogP contribution in [0.4, 0.5) is 0 Å². The van der Waals surface area contributed by atoms with Crippen molar-refractivity contribution < 1.29 is 14.3 Å². The molecule has 5 heteroatoms. The SMILES string of the molecule is Cc1ccc2c(c1)OC(C)(C)CC2NC(=O)COc1ccc(Cl)c(C)c1. The molecule has 2 aromatic carbocycles. The highest BCUT2D eigenvalue weighted by molar-refractivity contribution is 6.31. The lowest BCUT2D eigenvalue weighted by Crippen LogP contribution is -2.42. The minimum Gasteiger partial charge on any atom is -0.487 e. The van der Waals surface area contributed by atoms with E-state index in [-0.39, 0.29) is 24.2 Å². The highest BCUT2D eigenvalue weighted by atomic mass is 35.5. The molecular weight excluding hydrogens is 350 g/mol. The zero-order valence-electron chi connectivity index (χ0n) is 15.6. The third-order valence-electron chi connectivity index (χ3n) is 4.46. The van der Waals surface area contributed by atoms with Crippen LogP contribution < -0.4 is 14.8 Å². The van der Waals surface area contributed by atoms with Crippen LogP contribution in [-0.4, -0.2) is 18.1 Å². The summed E-state index contributed by atoms with van der Waals surface area (Å²) in [4.78, 5) is 12.4. The summed E-state index contributed by atoms with van der Waals surface area (Å²) in [5.41, 5.74) is 2.71. The maximum atomic E-state index is 12.4. The van der Waals surface area contributed by atoms with Crippen molar-refractivity contribution in [2.75, 3.05) is 6.61 Å². The van der Waals surface area contributed by atoms with E-state index in [1.165, 1.54) is 0 Å². The second-order valence-electron chi connectivity index (χ2n) is 7.43. The summed E-state index contributed by atoms with van der Waals surface area (Å²) in [6.45, 7) is 7.95. The summed E-state index contributed by atoms with van der Waals surface area (Å²) >= 11 is 6.01. The molecule has 0 radical (unpaired) electrons. The first kappa shape index (κ1) is 18.6. The van der Waals surface area contributed by atoms with Crippen LogP contribution in [0.3, 0.4) is 0 Å². The van der Waals surface area contributed by atoms with Gasteiger partial charge in [-0.2, -0.15) is 0 Å². The molecule has 0 spiro atoms. The highest BCUT2D eigenvalue weighted by Gasteiger charge is 2.34. The molecular formula is C21H24ClNO3. The Morgan fingerprint density at radius 3 is 2.77 bits per heavy atom. The maximum absolute atomic E-state index is 12.4. The smallest absolute Gasteiger partial charge is 0.258 e. The van der Waals surface area contributed by atoms with E-state index in [4.69, 9.17) is 21.1 Å². The van der Waals surface area contributed by atoms with Crippen molar-refractivity contribution in [3.63, 3.8) is 0 Å². The quantitative estimate of drug-likeness (QED) is 0.840. The second kappa shape index (κ2) is 7.20. The van der Waals surface area contributed by atoms with E-state index >= 15 is 0 Å². The number of fused-ring (bicyclic) bond motifs is 1. The largest absolute Gasteiger partial charge is 0.487 e. The average molecular weight is 374 g/mol. The molecule has 0 bridgehead atoms. The van der Waals surface area contributed by atoms with Gasteiger partial charge in [-0.1, -0.05) is 23.7 Å². The lowest BCUT2D eigenvalue weighted by molar-refractivity contribution is -0.124. The summed E-state index contributed by atoms with van der Waals surface area (Å²) in [6, 6.07) is 11.3. The molecule has 2 aromatic rings. The number of aryl methyl sites for hydroxylation is 2. The molecule has 3 rings (SSSR count). The number of amides is 1. The first-order chi connectivity index (χ1) is 12.2. The van der Waals surface area contributed by atoms with E-state index in [9.17, 15) is 4.79 Å². The van der Waals surface area contributed by atoms with Crippen LogP contribution in [0, 0.1) is 13.8 Å². The molecule has 1 unspecified atom stereocenters. The van der Waals surface area contributed by atoms with Gasteiger partial charge in [0.05, 0.1) is 6.04 Å². The lowest BCUT2D eigenvalue weighted by atomic mass is 9.89. The van der Waals surface area contributed by atoms with Crippen molar-refractivity contribution in [3.8, 4) is 11.5 Å². The number of benzene rings is 2. The van der Waals surface area contributed by atoms with E-state index in [1.807, 2.05) is 52.0 Å². The van der Waals surface area contributed by atoms with E-state index in [1.54, 1.807) is 12.1 Å². The average Bonchev–Trinajstić information content (AvgIpc) is 2.54. The highest BCUT2D eigenvalue weighted by Crippen LogP contribution is 2.39. The summed E-state index contributed by atoms with van der Waals surface area (Å²) in [7, 11) is 0. The Morgan fingerprint density at radius 2 is 2.04 bits per heavy atom. The van der Waals surface area contributed by atoms with Crippen molar-refractivity contribution >= 4 is 17.5 Å². The lowest BCUT2D eigenvalue weighted by Gasteiger charge is -2.38. The van der Waals surface area contributed by atoms with Crippen molar-refractivity contribution in [2.45, 2.75) is 45.8 Å². The van der Waals surface area contributed by atoms with Gasteiger partial charge in [0, 0.05) is 17.0 Å². The van der Waals surface area contributed by atoms with Crippen molar-refractivity contribution in [1.82, 2.24) is 5.32 Å². The van der Waals surface area contributed by atoms with Crippen molar-refractivity contribution in [1.29, 1.82) is 0 Å². The van der Waals surface area contributed by atoms with E-state index in [0.29, 0.717) is 17.2 Å². The first-order valence-electron chi connectivity index (χ1n) is 8.71. The number of hydrogen-bond donors (Lipinski definition) is 1. The molecule has 4 nitrogen and oxygen atoms in total. The predicted octanol–water partition coefficient (Wildman–Crippen LogP) is 4.75. The monoisotopic (exact) mass is 373 g/mol. The van der Waals surface area contributed by atoms with Crippen LogP contribution in [0.2, 0.25) is 5.02 Å². The molecule has 1 aliphatic rings. The summed E-state index contributed by atoms with van der Waals surface area (Å²) < 4.78 is 11.7. The molecule has 1 amide bonds. The topological polar surface area (TPSA) is 47.6 Å². The third-order valence-corrected chi connectivity index (χ3v) is 4.89. The maximum Gasteiger partial charge on any atom is 0.258 e. The number of hydrogen-bond acceptors (Lipinski definition) is 3. The Kier molecular flexibility index (Phi) is 5.15. The minimum absolute atomic E-state index is 0.0416. The van der Waals surface area contributed by atoms with Gasteiger partial charge >= 0.3 is 0 Å². The minimum atomic E-state index is -0.340. The van der Waals surface area contributed by atoms with Gasteiger partial charge in [0.25, 0.3) is 5.91 Å². The number of carbonyl (C=O) groups excluding carboxylic acids is 1. The molecule has 0 aromatic heterocycles. The van der Waals surface area contributed by atoms with Gasteiger partial charge in [0.15, 0.2) is 6.61 Å². The van der Waals surface area contributed by atoms with Crippen LogP contribution in [0.1, 0.15) is 43.0 Å². The van der Waals surface area contributed by atoms with Crippen LogP contribution in [0.25, 0.3) is 0 Å². The molecule has 0 fully saturated rings. The van der Waals surface area contributed by atoms with E-state index in [2.05, 4.69) is 5.32 Å². The van der Waals surface area contributed by atoms with E-state index in [0.717, 1.165) is 22.4 Å². The number of nitrogens with one attached hydrogen (secondary N) is 1. The molecule has 26 heavy (non-hydrogen) atoms. The molecule has 1 aliphatic heterocycles. The number of rotatable bonds is 4. The fourth-order valence-corrected chi connectivity index (χ4v) is 3.30. The van der Waals surface area contributed by atoms with Gasteiger partial charge in [0.1, 0.15) is 17.1 Å². The Labute approximate surface area is 159 Å². The van der Waals surface area contributed by atoms with Crippen molar-refractivity contribution in [2.24, 2.45) is 0 Å². The Hall–Kier alpha value is -2.20. The Bertz CT molecular complexity index is 832. The summed E-state index contributed by atoms with van der Waals surface area (Å²) in [6.07, 6.45) is 0.703. The molecule has 0 aliphatic carbocycles. The van der Waals surface area contributed by atoms with Crippen molar-refractivity contribution in [3.05, 3.63) is 58.1 Å². The Balaban J connectivity index is 1.68.